The van der Waals surface area contributed by atoms with Gasteiger partial charge in [0.1, 0.15) is 5.60 Å². The van der Waals surface area contributed by atoms with E-state index < -0.39 is 5.60 Å². The number of hydrogen-bond donors (Lipinski definition) is 2. The molecule has 0 spiro atoms. The number of benzene rings is 2. The van der Waals surface area contributed by atoms with Gasteiger partial charge in [-0.2, -0.15) is 0 Å². The molecule has 1 unspecified atom stereocenters. The van der Waals surface area contributed by atoms with Crippen LogP contribution >= 0.6 is 0 Å². The smallest absolute Gasteiger partial charge is 0.220 e. The van der Waals surface area contributed by atoms with E-state index in [2.05, 4.69) is 11.4 Å². The van der Waals surface area contributed by atoms with Crippen LogP contribution in [-0.2, 0) is 16.8 Å². The third-order valence-electron chi connectivity index (χ3n) is 3.75. The molecule has 2 aromatic carbocycles. The van der Waals surface area contributed by atoms with Gasteiger partial charge in [0.05, 0.1) is 6.54 Å². The lowest BCUT2D eigenvalue weighted by atomic mass is 9.96. The maximum Gasteiger partial charge on any atom is 0.220 e. The van der Waals surface area contributed by atoms with E-state index >= 15 is 0 Å². The Morgan fingerprint density at radius 2 is 1.86 bits per heavy atom. The Labute approximate surface area is 132 Å². The van der Waals surface area contributed by atoms with Gasteiger partial charge in [-0.15, -0.1) is 0 Å². The Morgan fingerprint density at radius 1 is 1.14 bits per heavy atom. The second-order valence-electron chi connectivity index (χ2n) is 5.91. The Bertz CT molecular complexity index is 620. The van der Waals surface area contributed by atoms with Crippen molar-refractivity contribution in [2.45, 2.75) is 32.3 Å². The summed E-state index contributed by atoms with van der Waals surface area (Å²) in [6.45, 7) is 3.97. The summed E-state index contributed by atoms with van der Waals surface area (Å²) in [5.74, 6) is -0.0438. The molecule has 1 amide bonds. The van der Waals surface area contributed by atoms with Crippen LogP contribution in [0.4, 0.5) is 0 Å². The summed E-state index contributed by atoms with van der Waals surface area (Å²) in [7, 11) is 0. The van der Waals surface area contributed by atoms with Gasteiger partial charge < -0.3 is 10.4 Å². The largest absolute Gasteiger partial charge is 0.384 e. The second-order valence-corrected chi connectivity index (χ2v) is 5.91. The second kappa shape index (κ2) is 7.23. The maximum atomic E-state index is 12.0. The Hall–Kier alpha value is -2.13. The molecule has 0 saturated heterocycles. The molecular weight excluding hydrogens is 274 g/mol. The number of carbonyl (C=O) groups excluding carboxylic acids is 1. The van der Waals surface area contributed by atoms with Crippen molar-refractivity contribution in [2.75, 3.05) is 6.54 Å². The summed E-state index contributed by atoms with van der Waals surface area (Å²) in [6.07, 6.45) is 1.13. The van der Waals surface area contributed by atoms with Crippen LogP contribution in [0.1, 0.15) is 30.0 Å². The number of aryl methyl sites for hydroxylation is 2. The molecule has 3 heteroatoms. The average molecular weight is 297 g/mol. The van der Waals surface area contributed by atoms with Crippen LogP contribution in [0.5, 0.6) is 0 Å². The Kier molecular flexibility index (Phi) is 5.34. The van der Waals surface area contributed by atoms with E-state index in [1.807, 2.05) is 55.5 Å². The topological polar surface area (TPSA) is 49.3 Å². The lowest BCUT2D eigenvalue weighted by molar-refractivity contribution is -0.122. The van der Waals surface area contributed by atoms with Crippen molar-refractivity contribution in [1.82, 2.24) is 5.32 Å². The maximum absolute atomic E-state index is 12.0. The zero-order valence-electron chi connectivity index (χ0n) is 13.2. The quantitative estimate of drug-likeness (QED) is 0.861. The molecule has 116 valence electrons. The Morgan fingerprint density at radius 3 is 2.55 bits per heavy atom. The molecule has 0 aliphatic rings. The molecule has 2 aromatic rings. The first-order valence-corrected chi connectivity index (χ1v) is 7.57. The summed E-state index contributed by atoms with van der Waals surface area (Å²) in [5.41, 5.74) is 2.10. The average Bonchev–Trinajstić information content (AvgIpc) is 2.52. The predicted octanol–water partition coefficient (Wildman–Crippen LogP) is 2.95. The SMILES string of the molecule is Cc1cccc(CCC(=O)NCC(C)(O)c2ccccc2)c1. The molecule has 0 aliphatic carbocycles. The molecule has 0 radical (unpaired) electrons. The monoisotopic (exact) mass is 297 g/mol. The molecule has 22 heavy (non-hydrogen) atoms. The molecule has 0 saturated carbocycles. The first-order valence-electron chi connectivity index (χ1n) is 7.57. The fourth-order valence-corrected chi connectivity index (χ4v) is 2.38. The van der Waals surface area contributed by atoms with Crippen LogP contribution in [0.3, 0.4) is 0 Å². The van der Waals surface area contributed by atoms with E-state index in [1.54, 1.807) is 6.92 Å². The van der Waals surface area contributed by atoms with Crippen molar-refractivity contribution in [1.29, 1.82) is 0 Å². The molecule has 0 bridgehead atoms. The molecule has 0 aliphatic heterocycles. The molecule has 2 N–H and O–H groups in total. The first kappa shape index (κ1) is 16.2. The number of aliphatic hydroxyl groups is 1. The van der Waals surface area contributed by atoms with Crippen LogP contribution in [-0.4, -0.2) is 17.6 Å². The third-order valence-corrected chi connectivity index (χ3v) is 3.75. The molecule has 1 atom stereocenters. The molecule has 2 rings (SSSR count). The number of hydrogen-bond acceptors (Lipinski definition) is 2. The van der Waals surface area contributed by atoms with E-state index in [-0.39, 0.29) is 12.5 Å². The van der Waals surface area contributed by atoms with Gasteiger partial charge in [0, 0.05) is 6.42 Å². The molecular formula is C19H23NO2. The molecule has 0 heterocycles. The lowest BCUT2D eigenvalue weighted by Gasteiger charge is -2.24. The van der Waals surface area contributed by atoms with Crippen LogP contribution in [0.2, 0.25) is 0 Å². The van der Waals surface area contributed by atoms with E-state index in [4.69, 9.17) is 0 Å². The number of carbonyl (C=O) groups is 1. The predicted molar refractivity (Wildman–Crippen MR) is 88.5 cm³/mol. The van der Waals surface area contributed by atoms with Crippen LogP contribution in [0.15, 0.2) is 54.6 Å². The normalized spacial score (nSPS) is 13.4. The summed E-state index contributed by atoms with van der Waals surface area (Å²) >= 11 is 0. The zero-order chi connectivity index (χ0) is 16.0. The molecule has 0 aromatic heterocycles. The van der Waals surface area contributed by atoms with Gasteiger partial charge in [-0.1, -0.05) is 60.2 Å². The van der Waals surface area contributed by atoms with E-state index in [1.165, 1.54) is 5.56 Å². The van der Waals surface area contributed by atoms with Crippen molar-refractivity contribution in [3.05, 3.63) is 71.3 Å². The van der Waals surface area contributed by atoms with Crippen molar-refractivity contribution in [3.8, 4) is 0 Å². The molecule has 3 nitrogen and oxygen atoms in total. The highest BCUT2D eigenvalue weighted by atomic mass is 16.3. The summed E-state index contributed by atoms with van der Waals surface area (Å²) in [6, 6.07) is 17.5. The van der Waals surface area contributed by atoms with Gasteiger partial charge in [0.25, 0.3) is 0 Å². The van der Waals surface area contributed by atoms with Gasteiger partial charge in [-0.05, 0) is 31.4 Å². The highest BCUT2D eigenvalue weighted by Gasteiger charge is 2.23. The zero-order valence-corrected chi connectivity index (χ0v) is 13.2. The standard InChI is InChI=1S/C19H23NO2/c1-15-7-6-8-16(13-15)11-12-18(21)20-14-19(2,22)17-9-4-3-5-10-17/h3-10,13,22H,11-12,14H2,1-2H3,(H,20,21). The van der Waals surface area contributed by atoms with Gasteiger partial charge in [0.2, 0.25) is 5.91 Å². The minimum atomic E-state index is -1.06. The number of rotatable bonds is 6. The van der Waals surface area contributed by atoms with Crippen molar-refractivity contribution in [2.24, 2.45) is 0 Å². The molecule has 0 fully saturated rings. The summed E-state index contributed by atoms with van der Waals surface area (Å²) in [4.78, 5) is 12.0. The summed E-state index contributed by atoms with van der Waals surface area (Å²) < 4.78 is 0. The fraction of sp³-hybridized carbons (Fsp3) is 0.316. The van der Waals surface area contributed by atoms with Crippen molar-refractivity contribution >= 4 is 5.91 Å². The fourth-order valence-electron chi connectivity index (χ4n) is 2.38. The Balaban J connectivity index is 1.82. The number of amides is 1. The minimum Gasteiger partial charge on any atom is -0.384 e. The van der Waals surface area contributed by atoms with E-state index in [0.29, 0.717) is 12.8 Å². The highest BCUT2D eigenvalue weighted by molar-refractivity contribution is 5.76. The minimum absolute atomic E-state index is 0.0438. The van der Waals surface area contributed by atoms with Gasteiger partial charge in [0.15, 0.2) is 0 Å². The van der Waals surface area contributed by atoms with Crippen LogP contribution in [0.25, 0.3) is 0 Å². The number of nitrogens with one attached hydrogen (secondary N) is 1. The van der Waals surface area contributed by atoms with Crippen LogP contribution < -0.4 is 5.32 Å². The summed E-state index contributed by atoms with van der Waals surface area (Å²) in [5, 5.41) is 13.3. The van der Waals surface area contributed by atoms with Crippen LogP contribution in [0, 0.1) is 6.92 Å². The van der Waals surface area contributed by atoms with Crippen molar-refractivity contribution < 1.29 is 9.90 Å². The lowest BCUT2D eigenvalue weighted by Crippen LogP contribution is -2.38. The van der Waals surface area contributed by atoms with Gasteiger partial charge >= 0.3 is 0 Å². The van der Waals surface area contributed by atoms with Gasteiger partial charge in [-0.25, -0.2) is 0 Å². The first-order chi connectivity index (χ1) is 10.5. The third kappa shape index (κ3) is 4.71. The van der Waals surface area contributed by atoms with Gasteiger partial charge in [-0.3, -0.25) is 4.79 Å². The highest BCUT2D eigenvalue weighted by Crippen LogP contribution is 2.19. The van der Waals surface area contributed by atoms with E-state index in [9.17, 15) is 9.90 Å². The van der Waals surface area contributed by atoms with Crippen molar-refractivity contribution in [3.63, 3.8) is 0 Å². The van der Waals surface area contributed by atoms with E-state index in [0.717, 1.165) is 11.1 Å².